The Morgan fingerprint density at radius 3 is 2.84 bits per heavy atom. The summed E-state index contributed by atoms with van der Waals surface area (Å²) in [4.78, 5) is 13.8. The molecule has 0 aliphatic carbocycles. The minimum atomic E-state index is -0.341. The Bertz CT molecular complexity index is 434. The van der Waals surface area contributed by atoms with Gasteiger partial charge < -0.3 is 19.4 Å². The highest BCUT2D eigenvalue weighted by molar-refractivity contribution is 5.90. The molecule has 0 atom stereocenters. The van der Waals surface area contributed by atoms with Crippen molar-refractivity contribution in [2.45, 2.75) is 32.4 Å². The highest BCUT2D eigenvalue weighted by Gasteiger charge is 2.18. The first kappa shape index (κ1) is 14.1. The van der Waals surface area contributed by atoms with E-state index < -0.39 is 0 Å². The van der Waals surface area contributed by atoms with E-state index in [4.69, 9.17) is 9.15 Å². The molecule has 19 heavy (non-hydrogen) atoms. The number of rotatable bonds is 4. The number of carbonyl (C=O) groups is 1. The molecule has 5 nitrogen and oxygen atoms in total. The van der Waals surface area contributed by atoms with Crippen molar-refractivity contribution in [3.63, 3.8) is 0 Å². The van der Waals surface area contributed by atoms with Crippen molar-refractivity contribution >= 4 is 5.97 Å². The van der Waals surface area contributed by atoms with E-state index in [1.54, 1.807) is 13.0 Å². The van der Waals surface area contributed by atoms with Gasteiger partial charge in [-0.05, 0) is 46.0 Å². The minimum absolute atomic E-state index is 0.341. The number of ether oxygens (including phenoxy) is 1. The highest BCUT2D eigenvalue weighted by atomic mass is 16.5. The van der Waals surface area contributed by atoms with Gasteiger partial charge in [0.15, 0.2) is 0 Å². The maximum atomic E-state index is 11.5. The Balaban J connectivity index is 1.88. The van der Waals surface area contributed by atoms with Crippen LogP contribution < -0.4 is 5.32 Å². The average molecular weight is 266 g/mol. The molecule has 1 fully saturated rings. The number of likely N-dealkylation sites (tertiary alicyclic amines) is 1. The molecular weight excluding hydrogens is 244 g/mol. The monoisotopic (exact) mass is 266 g/mol. The number of aryl methyl sites for hydroxylation is 1. The number of hydrogen-bond acceptors (Lipinski definition) is 5. The van der Waals surface area contributed by atoms with E-state index in [-0.39, 0.29) is 5.97 Å². The summed E-state index contributed by atoms with van der Waals surface area (Å²) in [5.74, 6) is 1.07. The lowest BCUT2D eigenvalue weighted by Crippen LogP contribution is -2.40. The van der Waals surface area contributed by atoms with Gasteiger partial charge in [-0.15, -0.1) is 0 Å². The number of hydrogen-bond donors (Lipinski definition) is 1. The third kappa shape index (κ3) is 3.58. The quantitative estimate of drug-likeness (QED) is 0.838. The minimum Gasteiger partial charge on any atom is -0.465 e. The van der Waals surface area contributed by atoms with Gasteiger partial charge in [-0.3, -0.25) is 0 Å². The molecule has 1 aliphatic heterocycles. The Labute approximate surface area is 113 Å². The van der Waals surface area contributed by atoms with E-state index in [0.717, 1.165) is 31.7 Å². The van der Waals surface area contributed by atoms with Crippen molar-refractivity contribution in [3.8, 4) is 0 Å². The van der Waals surface area contributed by atoms with Crippen LogP contribution in [0.4, 0.5) is 0 Å². The van der Waals surface area contributed by atoms with Crippen molar-refractivity contribution in [1.29, 1.82) is 0 Å². The van der Waals surface area contributed by atoms with Crippen LogP contribution in [0, 0.1) is 6.92 Å². The molecule has 1 aromatic rings. The molecule has 2 rings (SSSR count). The van der Waals surface area contributed by atoms with Gasteiger partial charge in [0.25, 0.3) is 0 Å². The summed E-state index contributed by atoms with van der Waals surface area (Å²) in [6.45, 7) is 4.70. The predicted octanol–water partition coefficient (Wildman–Crippen LogP) is 1.56. The molecule has 2 heterocycles. The second kappa shape index (κ2) is 6.21. The van der Waals surface area contributed by atoms with Crippen molar-refractivity contribution in [1.82, 2.24) is 10.2 Å². The first-order valence-corrected chi connectivity index (χ1v) is 6.69. The largest absolute Gasteiger partial charge is 0.465 e. The zero-order valence-electron chi connectivity index (χ0n) is 11.9. The fourth-order valence-corrected chi connectivity index (χ4v) is 2.40. The molecule has 1 saturated heterocycles. The zero-order valence-corrected chi connectivity index (χ0v) is 11.9. The van der Waals surface area contributed by atoms with Gasteiger partial charge in [-0.1, -0.05) is 0 Å². The molecule has 1 aromatic heterocycles. The molecule has 0 bridgehead atoms. The van der Waals surface area contributed by atoms with E-state index in [0.29, 0.717) is 23.9 Å². The summed E-state index contributed by atoms with van der Waals surface area (Å²) in [6.07, 6.45) is 2.31. The number of carbonyl (C=O) groups excluding carboxylic acids is 1. The number of esters is 1. The number of nitrogens with one attached hydrogen (secondary N) is 1. The zero-order chi connectivity index (χ0) is 13.8. The standard InChI is InChI=1S/C14H22N2O3/c1-10-13(14(17)18-3)8-12(19-10)9-15-11-4-6-16(2)7-5-11/h8,11,15H,4-7,9H2,1-3H3. The average Bonchev–Trinajstić information content (AvgIpc) is 2.78. The van der Waals surface area contributed by atoms with Crippen molar-refractivity contribution in [3.05, 3.63) is 23.2 Å². The van der Waals surface area contributed by atoms with E-state index >= 15 is 0 Å². The van der Waals surface area contributed by atoms with Crippen LogP contribution >= 0.6 is 0 Å². The van der Waals surface area contributed by atoms with E-state index in [1.807, 2.05) is 0 Å². The molecule has 5 heteroatoms. The molecule has 1 N–H and O–H groups in total. The van der Waals surface area contributed by atoms with Gasteiger partial charge in [-0.2, -0.15) is 0 Å². The molecule has 1 aliphatic rings. The smallest absolute Gasteiger partial charge is 0.341 e. The van der Waals surface area contributed by atoms with Crippen LogP contribution in [-0.4, -0.2) is 44.2 Å². The Morgan fingerprint density at radius 1 is 1.53 bits per heavy atom. The van der Waals surface area contributed by atoms with Crippen LogP contribution in [0.1, 0.15) is 34.7 Å². The van der Waals surface area contributed by atoms with Crippen LogP contribution in [0.15, 0.2) is 10.5 Å². The molecule has 0 unspecified atom stereocenters. The topological polar surface area (TPSA) is 54.7 Å². The molecular formula is C14H22N2O3. The lowest BCUT2D eigenvalue weighted by Gasteiger charge is -2.29. The lowest BCUT2D eigenvalue weighted by atomic mass is 10.1. The van der Waals surface area contributed by atoms with Gasteiger partial charge in [0.05, 0.1) is 13.7 Å². The second-order valence-corrected chi connectivity index (χ2v) is 5.13. The van der Waals surface area contributed by atoms with E-state index in [1.165, 1.54) is 7.11 Å². The maximum absolute atomic E-state index is 11.5. The summed E-state index contributed by atoms with van der Waals surface area (Å²) >= 11 is 0. The van der Waals surface area contributed by atoms with Gasteiger partial charge in [-0.25, -0.2) is 4.79 Å². The highest BCUT2D eigenvalue weighted by Crippen LogP contribution is 2.16. The summed E-state index contributed by atoms with van der Waals surface area (Å²) < 4.78 is 10.3. The Hall–Kier alpha value is -1.33. The summed E-state index contributed by atoms with van der Waals surface area (Å²) in [5.41, 5.74) is 0.516. The van der Waals surface area contributed by atoms with Crippen LogP contribution in [0.5, 0.6) is 0 Å². The first-order valence-electron chi connectivity index (χ1n) is 6.69. The number of nitrogens with zero attached hydrogens (tertiary/aromatic N) is 1. The van der Waals surface area contributed by atoms with Crippen LogP contribution in [0.3, 0.4) is 0 Å². The van der Waals surface area contributed by atoms with Gasteiger partial charge >= 0.3 is 5.97 Å². The fourth-order valence-electron chi connectivity index (χ4n) is 2.40. The normalized spacial score (nSPS) is 17.6. The van der Waals surface area contributed by atoms with Crippen LogP contribution in [0.2, 0.25) is 0 Å². The molecule has 0 saturated carbocycles. The van der Waals surface area contributed by atoms with Crippen LogP contribution in [-0.2, 0) is 11.3 Å². The summed E-state index contributed by atoms with van der Waals surface area (Å²) in [5, 5.41) is 3.48. The summed E-state index contributed by atoms with van der Waals surface area (Å²) in [7, 11) is 3.53. The Morgan fingerprint density at radius 2 is 2.21 bits per heavy atom. The Kier molecular flexibility index (Phi) is 4.61. The SMILES string of the molecule is COC(=O)c1cc(CNC2CCN(C)CC2)oc1C. The molecule has 0 radical (unpaired) electrons. The first-order chi connectivity index (χ1) is 9.10. The third-order valence-corrected chi connectivity index (χ3v) is 3.66. The third-order valence-electron chi connectivity index (χ3n) is 3.66. The van der Waals surface area contributed by atoms with E-state index in [2.05, 4.69) is 17.3 Å². The van der Waals surface area contributed by atoms with Gasteiger partial charge in [0, 0.05) is 6.04 Å². The number of furan rings is 1. The maximum Gasteiger partial charge on any atom is 0.341 e. The van der Waals surface area contributed by atoms with Crippen molar-refractivity contribution in [2.75, 3.05) is 27.2 Å². The molecule has 0 aromatic carbocycles. The van der Waals surface area contributed by atoms with Crippen molar-refractivity contribution in [2.24, 2.45) is 0 Å². The van der Waals surface area contributed by atoms with Crippen LogP contribution in [0.25, 0.3) is 0 Å². The number of methoxy groups -OCH3 is 1. The molecule has 106 valence electrons. The van der Waals surface area contributed by atoms with Crippen molar-refractivity contribution < 1.29 is 13.9 Å². The molecule has 0 amide bonds. The van der Waals surface area contributed by atoms with E-state index in [9.17, 15) is 4.79 Å². The molecule has 0 spiro atoms. The van der Waals surface area contributed by atoms with Gasteiger partial charge in [0.2, 0.25) is 0 Å². The predicted molar refractivity (Wildman–Crippen MR) is 72.1 cm³/mol. The van der Waals surface area contributed by atoms with Gasteiger partial charge in [0.1, 0.15) is 17.1 Å². The lowest BCUT2D eigenvalue weighted by molar-refractivity contribution is 0.0599. The summed E-state index contributed by atoms with van der Waals surface area (Å²) in [6, 6.07) is 2.30. The number of piperidine rings is 1. The second-order valence-electron chi connectivity index (χ2n) is 5.13. The fraction of sp³-hybridized carbons (Fsp3) is 0.643.